The molecular weight excluding hydrogens is 186 g/mol. The highest BCUT2D eigenvalue weighted by Gasteiger charge is 2.12. The predicted molar refractivity (Wildman–Crippen MR) is 63.6 cm³/mol. The van der Waals surface area contributed by atoms with Crippen LogP contribution in [0.1, 0.15) is 18.4 Å². The molecule has 2 nitrogen and oxygen atoms in total. The molecule has 1 aromatic rings. The van der Waals surface area contributed by atoms with Crippen LogP contribution < -0.4 is 10.1 Å². The van der Waals surface area contributed by atoms with Crippen molar-refractivity contribution in [2.75, 3.05) is 18.5 Å². The van der Waals surface area contributed by atoms with Crippen molar-refractivity contribution in [2.24, 2.45) is 0 Å². The second kappa shape index (κ2) is 4.87. The Morgan fingerprint density at radius 2 is 2.40 bits per heavy atom. The molecule has 0 aromatic heterocycles. The molecule has 0 fully saturated rings. The molecule has 0 saturated carbocycles. The molecule has 0 atom stereocenters. The molecule has 1 aliphatic heterocycles. The van der Waals surface area contributed by atoms with Crippen molar-refractivity contribution < 1.29 is 4.74 Å². The quantitative estimate of drug-likeness (QED) is 0.600. The summed E-state index contributed by atoms with van der Waals surface area (Å²) in [5.41, 5.74) is 2.56. The van der Waals surface area contributed by atoms with Crippen LogP contribution in [0.2, 0.25) is 0 Å². The number of hydrogen-bond donors (Lipinski definition) is 1. The van der Waals surface area contributed by atoms with Crippen molar-refractivity contribution in [3.05, 3.63) is 36.4 Å². The summed E-state index contributed by atoms with van der Waals surface area (Å²) in [6.45, 7) is 5.44. The van der Waals surface area contributed by atoms with Gasteiger partial charge >= 0.3 is 0 Å². The summed E-state index contributed by atoms with van der Waals surface area (Å²) >= 11 is 0. The van der Waals surface area contributed by atoms with E-state index in [0.29, 0.717) is 6.61 Å². The summed E-state index contributed by atoms with van der Waals surface area (Å²) in [7, 11) is 0. The monoisotopic (exact) mass is 203 g/mol. The Morgan fingerprint density at radius 3 is 3.27 bits per heavy atom. The molecule has 0 saturated heterocycles. The Hall–Kier alpha value is -1.44. The molecule has 0 bridgehead atoms. The van der Waals surface area contributed by atoms with Gasteiger partial charge in [0.1, 0.15) is 5.75 Å². The highest BCUT2D eigenvalue weighted by molar-refractivity contribution is 5.63. The molecular formula is C13H17NO. The predicted octanol–water partition coefficient (Wildman–Crippen LogP) is 3.00. The fourth-order valence-electron chi connectivity index (χ4n) is 1.85. The Morgan fingerprint density at radius 1 is 1.47 bits per heavy atom. The third-order valence-electron chi connectivity index (χ3n) is 2.62. The first-order valence-electron chi connectivity index (χ1n) is 5.51. The van der Waals surface area contributed by atoms with Crippen LogP contribution >= 0.6 is 0 Å². The Balaban J connectivity index is 2.12. The Kier molecular flexibility index (Phi) is 3.28. The summed E-state index contributed by atoms with van der Waals surface area (Å²) in [6.07, 6.45) is 5.14. The van der Waals surface area contributed by atoms with Crippen molar-refractivity contribution in [1.29, 1.82) is 0 Å². The van der Waals surface area contributed by atoms with Gasteiger partial charge in [0.25, 0.3) is 0 Å². The lowest BCUT2D eigenvalue weighted by Crippen LogP contribution is -2.13. The van der Waals surface area contributed by atoms with Crippen molar-refractivity contribution in [1.82, 2.24) is 0 Å². The lowest BCUT2D eigenvalue weighted by molar-refractivity contribution is 0.326. The van der Waals surface area contributed by atoms with Gasteiger partial charge in [-0.05, 0) is 30.9 Å². The van der Waals surface area contributed by atoms with Crippen LogP contribution in [0, 0.1) is 0 Å². The molecule has 2 heteroatoms. The van der Waals surface area contributed by atoms with Crippen LogP contribution in [0.3, 0.4) is 0 Å². The topological polar surface area (TPSA) is 21.3 Å². The number of nitrogens with one attached hydrogen (secondary N) is 1. The van der Waals surface area contributed by atoms with Gasteiger partial charge in [-0.25, -0.2) is 0 Å². The Labute approximate surface area is 91.0 Å². The molecule has 0 aliphatic carbocycles. The van der Waals surface area contributed by atoms with Crippen LogP contribution in [0.5, 0.6) is 5.75 Å². The van der Waals surface area contributed by atoms with E-state index in [-0.39, 0.29) is 0 Å². The van der Waals surface area contributed by atoms with Gasteiger partial charge in [0.15, 0.2) is 0 Å². The standard InChI is InChI=1S/C13H17NO/c1-2-3-10-15-12-8-4-6-11-7-5-9-14-13(11)12/h2,4,6,8,14H,1,3,5,7,9-10H2. The normalized spacial score (nSPS) is 13.9. The van der Waals surface area contributed by atoms with Gasteiger partial charge < -0.3 is 10.1 Å². The molecule has 15 heavy (non-hydrogen) atoms. The number of aryl methyl sites for hydroxylation is 1. The summed E-state index contributed by atoms with van der Waals surface area (Å²) in [4.78, 5) is 0. The summed E-state index contributed by atoms with van der Waals surface area (Å²) in [5.74, 6) is 0.981. The maximum atomic E-state index is 5.71. The molecule has 0 unspecified atom stereocenters. The average Bonchev–Trinajstić information content (AvgIpc) is 2.30. The van der Waals surface area contributed by atoms with Gasteiger partial charge in [0.2, 0.25) is 0 Å². The second-order valence-electron chi connectivity index (χ2n) is 3.75. The van der Waals surface area contributed by atoms with Crippen molar-refractivity contribution >= 4 is 5.69 Å². The second-order valence-corrected chi connectivity index (χ2v) is 3.75. The van der Waals surface area contributed by atoms with Crippen molar-refractivity contribution in [3.63, 3.8) is 0 Å². The minimum Gasteiger partial charge on any atom is -0.491 e. The first-order chi connectivity index (χ1) is 7.42. The SMILES string of the molecule is C=CCCOc1cccc2c1NCCC2. The lowest BCUT2D eigenvalue weighted by atomic mass is 10.0. The zero-order chi connectivity index (χ0) is 10.5. The number of hydrogen-bond acceptors (Lipinski definition) is 2. The number of rotatable bonds is 4. The van der Waals surface area contributed by atoms with E-state index < -0.39 is 0 Å². The fourth-order valence-corrected chi connectivity index (χ4v) is 1.85. The van der Waals surface area contributed by atoms with Gasteiger partial charge in [-0.15, -0.1) is 6.58 Å². The first-order valence-corrected chi connectivity index (χ1v) is 5.51. The van der Waals surface area contributed by atoms with E-state index in [1.807, 2.05) is 12.1 Å². The van der Waals surface area contributed by atoms with Gasteiger partial charge in [-0.2, -0.15) is 0 Å². The number of anilines is 1. The highest BCUT2D eigenvalue weighted by atomic mass is 16.5. The smallest absolute Gasteiger partial charge is 0.142 e. The van der Waals surface area contributed by atoms with E-state index in [1.54, 1.807) is 0 Å². The van der Waals surface area contributed by atoms with Crippen LogP contribution in [0.4, 0.5) is 5.69 Å². The highest BCUT2D eigenvalue weighted by Crippen LogP contribution is 2.31. The third-order valence-corrected chi connectivity index (χ3v) is 2.62. The minimum absolute atomic E-state index is 0.710. The number of ether oxygens (including phenoxy) is 1. The van der Waals surface area contributed by atoms with E-state index in [0.717, 1.165) is 25.1 Å². The first kappa shape index (κ1) is 10.1. The van der Waals surface area contributed by atoms with Gasteiger partial charge in [0.05, 0.1) is 12.3 Å². The fraction of sp³-hybridized carbons (Fsp3) is 0.385. The maximum Gasteiger partial charge on any atom is 0.142 e. The van der Waals surface area contributed by atoms with E-state index >= 15 is 0 Å². The van der Waals surface area contributed by atoms with Gasteiger partial charge in [-0.3, -0.25) is 0 Å². The largest absolute Gasteiger partial charge is 0.491 e. The van der Waals surface area contributed by atoms with Crippen LogP contribution in [0.25, 0.3) is 0 Å². The summed E-state index contributed by atoms with van der Waals surface area (Å²) in [6, 6.07) is 6.26. The van der Waals surface area contributed by atoms with E-state index in [2.05, 4.69) is 24.0 Å². The molecule has 1 aliphatic rings. The van der Waals surface area contributed by atoms with Crippen molar-refractivity contribution in [3.8, 4) is 5.75 Å². The molecule has 1 N–H and O–H groups in total. The lowest BCUT2D eigenvalue weighted by Gasteiger charge is -2.20. The van der Waals surface area contributed by atoms with Crippen LogP contribution in [0.15, 0.2) is 30.9 Å². The Bertz CT molecular complexity index is 346. The molecule has 0 spiro atoms. The molecule has 1 aromatic carbocycles. The van der Waals surface area contributed by atoms with Gasteiger partial charge in [0, 0.05) is 6.54 Å². The van der Waals surface area contributed by atoms with E-state index in [9.17, 15) is 0 Å². The number of para-hydroxylation sites is 1. The van der Waals surface area contributed by atoms with Gasteiger partial charge in [-0.1, -0.05) is 18.2 Å². The molecule has 0 amide bonds. The molecule has 2 rings (SSSR count). The number of benzene rings is 1. The zero-order valence-corrected chi connectivity index (χ0v) is 8.96. The minimum atomic E-state index is 0.710. The molecule has 80 valence electrons. The zero-order valence-electron chi connectivity index (χ0n) is 8.96. The van der Waals surface area contributed by atoms with E-state index in [1.165, 1.54) is 17.7 Å². The van der Waals surface area contributed by atoms with Crippen LogP contribution in [-0.2, 0) is 6.42 Å². The average molecular weight is 203 g/mol. The maximum absolute atomic E-state index is 5.71. The van der Waals surface area contributed by atoms with Crippen LogP contribution in [-0.4, -0.2) is 13.2 Å². The van der Waals surface area contributed by atoms with E-state index in [4.69, 9.17) is 4.74 Å². The molecule has 1 heterocycles. The summed E-state index contributed by atoms with van der Waals surface area (Å²) in [5, 5.41) is 3.41. The molecule has 0 radical (unpaired) electrons. The van der Waals surface area contributed by atoms with Crippen molar-refractivity contribution in [2.45, 2.75) is 19.3 Å². The third kappa shape index (κ3) is 2.32. The summed E-state index contributed by atoms with van der Waals surface area (Å²) < 4.78 is 5.71. The number of fused-ring (bicyclic) bond motifs is 1.